The van der Waals surface area contributed by atoms with Gasteiger partial charge in [0, 0.05) is 56.1 Å². The van der Waals surface area contributed by atoms with Gasteiger partial charge in [-0.2, -0.15) is 0 Å². The highest BCUT2D eigenvalue weighted by molar-refractivity contribution is 6.07. The lowest BCUT2D eigenvalue weighted by Crippen LogP contribution is -2.49. The van der Waals surface area contributed by atoms with Gasteiger partial charge in [-0.15, -0.1) is 0 Å². The van der Waals surface area contributed by atoms with E-state index in [-0.39, 0.29) is 5.91 Å². The highest BCUT2D eigenvalue weighted by atomic mass is 16.5. The second-order valence-corrected chi connectivity index (χ2v) is 7.91. The van der Waals surface area contributed by atoms with Crippen molar-refractivity contribution < 1.29 is 14.3 Å². The molecule has 1 aliphatic heterocycles. The summed E-state index contributed by atoms with van der Waals surface area (Å²) in [6, 6.07) is 8.02. The van der Waals surface area contributed by atoms with Gasteiger partial charge >= 0.3 is 0 Å². The summed E-state index contributed by atoms with van der Waals surface area (Å²) in [5, 5.41) is 4.29. The Balaban J connectivity index is 1.50. The average molecular weight is 424 g/mol. The van der Waals surface area contributed by atoms with Crippen LogP contribution in [0.3, 0.4) is 0 Å². The minimum Gasteiger partial charge on any atom is -0.493 e. The molecule has 0 atom stereocenters. The lowest BCUT2D eigenvalue weighted by Gasteiger charge is -2.36. The van der Waals surface area contributed by atoms with E-state index in [0.717, 1.165) is 35.5 Å². The molecule has 4 rings (SSSR count). The first-order chi connectivity index (χ1) is 15.0. The number of ether oxygens (including phenoxy) is 2. The number of methoxy groups -OCH3 is 2. The van der Waals surface area contributed by atoms with Crippen LogP contribution in [0.2, 0.25) is 0 Å². The highest BCUT2D eigenvalue weighted by Gasteiger charge is 2.26. The first kappa shape index (κ1) is 20.8. The van der Waals surface area contributed by atoms with Gasteiger partial charge in [-0.3, -0.25) is 4.79 Å². The molecule has 2 N–H and O–H groups in total. The maximum atomic E-state index is 13.3. The molecule has 0 spiro atoms. The van der Waals surface area contributed by atoms with E-state index in [1.54, 1.807) is 20.4 Å². The molecule has 3 heterocycles. The van der Waals surface area contributed by atoms with Gasteiger partial charge in [0.05, 0.1) is 31.0 Å². The molecule has 1 fully saturated rings. The van der Waals surface area contributed by atoms with Crippen LogP contribution >= 0.6 is 0 Å². The Labute approximate surface area is 182 Å². The van der Waals surface area contributed by atoms with Crippen molar-refractivity contribution in [2.45, 2.75) is 19.9 Å². The number of nitrogens with zero attached hydrogens (tertiary/aromatic N) is 3. The van der Waals surface area contributed by atoms with E-state index in [4.69, 9.17) is 9.47 Å². The van der Waals surface area contributed by atoms with Crippen molar-refractivity contribution in [3.8, 4) is 11.5 Å². The SMILES string of the molecule is COc1cc2[nH]cc(C(=O)N3CCN(c4ncccc4NC(C)C)CC3)c2cc1OC. The quantitative estimate of drug-likeness (QED) is 0.633. The predicted molar refractivity (Wildman–Crippen MR) is 123 cm³/mol. The molecular weight excluding hydrogens is 394 g/mol. The van der Waals surface area contributed by atoms with Crippen LogP contribution < -0.4 is 19.7 Å². The highest BCUT2D eigenvalue weighted by Crippen LogP contribution is 2.34. The van der Waals surface area contributed by atoms with Gasteiger partial charge in [-0.25, -0.2) is 4.98 Å². The molecule has 0 unspecified atom stereocenters. The van der Waals surface area contributed by atoms with E-state index in [2.05, 4.69) is 34.0 Å². The van der Waals surface area contributed by atoms with Crippen molar-refractivity contribution in [1.29, 1.82) is 0 Å². The third-order valence-electron chi connectivity index (χ3n) is 5.51. The Morgan fingerprint density at radius 3 is 2.52 bits per heavy atom. The predicted octanol–water partition coefficient (Wildman–Crippen LogP) is 3.36. The molecule has 1 saturated heterocycles. The fourth-order valence-corrected chi connectivity index (χ4v) is 3.99. The van der Waals surface area contributed by atoms with Crippen molar-refractivity contribution in [1.82, 2.24) is 14.9 Å². The van der Waals surface area contributed by atoms with Gasteiger partial charge in [-0.05, 0) is 32.0 Å². The molecule has 0 bridgehead atoms. The molecule has 3 aromatic rings. The Kier molecular flexibility index (Phi) is 5.88. The van der Waals surface area contributed by atoms with E-state index in [0.29, 0.717) is 36.2 Å². The Morgan fingerprint density at radius 1 is 1.13 bits per heavy atom. The maximum Gasteiger partial charge on any atom is 0.256 e. The molecule has 31 heavy (non-hydrogen) atoms. The van der Waals surface area contributed by atoms with Crippen LogP contribution in [0, 0.1) is 0 Å². The first-order valence-electron chi connectivity index (χ1n) is 10.5. The van der Waals surface area contributed by atoms with Gasteiger partial charge < -0.3 is 29.6 Å². The summed E-state index contributed by atoms with van der Waals surface area (Å²) < 4.78 is 10.8. The average Bonchev–Trinajstić information content (AvgIpc) is 3.20. The zero-order valence-electron chi connectivity index (χ0n) is 18.4. The van der Waals surface area contributed by atoms with Crippen LogP contribution in [0.25, 0.3) is 10.9 Å². The number of carbonyl (C=O) groups excluding carboxylic acids is 1. The third kappa shape index (κ3) is 4.10. The molecule has 0 radical (unpaired) electrons. The topological polar surface area (TPSA) is 82.7 Å². The lowest BCUT2D eigenvalue weighted by molar-refractivity contribution is 0.0748. The minimum atomic E-state index is 0.0136. The fourth-order valence-electron chi connectivity index (χ4n) is 3.99. The number of fused-ring (bicyclic) bond motifs is 1. The lowest BCUT2D eigenvalue weighted by atomic mass is 10.1. The number of benzene rings is 1. The standard InChI is InChI=1S/C23H29N5O3/c1-15(2)26-18-6-5-7-24-22(18)27-8-10-28(11-9-27)23(29)17-14-25-19-13-21(31-4)20(30-3)12-16(17)19/h5-7,12-15,25-26H,8-11H2,1-4H3. The van der Waals surface area contributed by atoms with Crippen LogP contribution in [0.15, 0.2) is 36.7 Å². The molecule has 0 aliphatic carbocycles. The molecule has 2 aromatic heterocycles. The fraction of sp³-hybridized carbons (Fsp3) is 0.391. The number of anilines is 2. The van der Waals surface area contributed by atoms with Gasteiger partial charge in [0.15, 0.2) is 17.3 Å². The normalized spacial score (nSPS) is 14.2. The molecular formula is C23H29N5O3. The van der Waals surface area contributed by atoms with Crippen molar-refractivity contribution >= 4 is 28.3 Å². The Hall–Kier alpha value is -3.42. The summed E-state index contributed by atoms with van der Waals surface area (Å²) in [5.74, 6) is 2.19. The number of amides is 1. The van der Waals surface area contributed by atoms with Crippen LogP contribution in [0.5, 0.6) is 11.5 Å². The van der Waals surface area contributed by atoms with Gasteiger partial charge in [-0.1, -0.05) is 0 Å². The molecule has 1 aromatic carbocycles. The second-order valence-electron chi connectivity index (χ2n) is 7.91. The summed E-state index contributed by atoms with van der Waals surface area (Å²) in [7, 11) is 3.19. The summed E-state index contributed by atoms with van der Waals surface area (Å²) in [6.45, 7) is 6.95. The van der Waals surface area contributed by atoms with E-state index in [9.17, 15) is 4.79 Å². The zero-order valence-corrected chi connectivity index (χ0v) is 18.4. The second kappa shape index (κ2) is 8.75. The molecule has 164 valence electrons. The van der Waals surface area contributed by atoms with E-state index < -0.39 is 0 Å². The molecule has 1 amide bonds. The molecule has 8 heteroatoms. The van der Waals surface area contributed by atoms with Crippen molar-refractivity contribution in [3.63, 3.8) is 0 Å². The van der Waals surface area contributed by atoms with Crippen LogP contribution in [0.1, 0.15) is 24.2 Å². The van der Waals surface area contributed by atoms with Crippen LogP contribution in [-0.2, 0) is 0 Å². The van der Waals surface area contributed by atoms with Crippen LogP contribution in [-0.4, -0.2) is 67.2 Å². The summed E-state index contributed by atoms with van der Waals surface area (Å²) >= 11 is 0. The number of aromatic nitrogens is 2. The number of nitrogens with one attached hydrogen (secondary N) is 2. The smallest absolute Gasteiger partial charge is 0.256 e. The number of hydrogen-bond donors (Lipinski definition) is 2. The first-order valence-corrected chi connectivity index (χ1v) is 10.5. The number of piperazine rings is 1. The number of rotatable bonds is 6. The zero-order chi connectivity index (χ0) is 22.0. The summed E-state index contributed by atoms with van der Waals surface area (Å²) in [5.41, 5.74) is 2.51. The van der Waals surface area contributed by atoms with Crippen LogP contribution in [0.4, 0.5) is 11.5 Å². The monoisotopic (exact) mass is 423 g/mol. The van der Waals surface area contributed by atoms with Gasteiger partial charge in [0.25, 0.3) is 5.91 Å². The van der Waals surface area contributed by atoms with E-state index >= 15 is 0 Å². The Bertz CT molecular complexity index is 1070. The van der Waals surface area contributed by atoms with E-state index in [1.165, 1.54) is 0 Å². The minimum absolute atomic E-state index is 0.0136. The Morgan fingerprint density at radius 2 is 1.84 bits per heavy atom. The van der Waals surface area contributed by atoms with Crippen molar-refractivity contribution in [2.75, 3.05) is 50.6 Å². The number of H-pyrrole nitrogens is 1. The van der Waals surface area contributed by atoms with Gasteiger partial charge in [0.1, 0.15) is 0 Å². The summed E-state index contributed by atoms with van der Waals surface area (Å²) in [6.07, 6.45) is 3.58. The number of pyridine rings is 1. The van der Waals surface area contributed by atoms with Crippen molar-refractivity contribution in [2.24, 2.45) is 0 Å². The number of hydrogen-bond acceptors (Lipinski definition) is 6. The van der Waals surface area contributed by atoms with E-state index in [1.807, 2.05) is 35.4 Å². The van der Waals surface area contributed by atoms with Gasteiger partial charge in [0.2, 0.25) is 0 Å². The third-order valence-corrected chi connectivity index (χ3v) is 5.51. The largest absolute Gasteiger partial charge is 0.493 e. The number of carbonyl (C=O) groups is 1. The molecule has 8 nitrogen and oxygen atoms in total. The number of aromatic amines is 1. The summed E-state index contributed by atoms with van der Waals surface area (Å²) in [4.78, 5) is 25.2. The molecule has 0 saturated carbocycles. The van der Waals surface area contributed by atoms with Crippen molar-refractivity contribution in [3.05, 3.63) is 42.2 Å². The maximum absolute atomic E-state index is 13.3. The molecule has 1 aliphatic rings.